The zero-order valence-corrected chi connectivity index (χ0v) is 11.0. The monoisotopic (exact) mass is 210 g/mol. The van der Waals surface area contributed by atoms with E-state index in [4.69, 9.17) is 4.74 Å². The fourth-order valence-corrected chi connectivity index (χ4v) is 1.77. The molecule has 2 unspecified atom stereocenters. The number of allylic oxidation sites excluding steroid dienone is 2. The van der Waals surface area contributed by atoms with Crippen LogP contribution >= 0.6 is 0 Å². The number of ether oxygens (including phenoxy) is 1. The first-order valence-corrected chi connectivity index (χ1v) is 6.29. The highest BCUT2D eigenvalue weighted by atomic mass is 16.6. The molecule has 0 aromatic heterocycles. The maximum atomic E-state index is 5.57. The highest BCUT2D eigenvalue weighted by Gasteiger charge is 2.46. The summed E-state index contributed by atoms with van der Waals surface area (Å²) in [4.78, 5) is 0. The molecule has 0 bridgehead atoms. The van der Waals surface area contributed by atoms with Crippen LogP contribution in [0.4, 0.5) is 0 Å². The topological polar surface area (TPSA) is 12.5 Å². The van der Waals surface area contributed by atoms with Crippen molar-refractivity contribution >= 4 is 0 Å². The molecule has 1 heterocycles. The first-order valence-electron chi connectivity index (χ1n) is 6.29. The molecular formula is C14H26O. The molecule has 88 valence electrons. The SMILES string of the molecule is CCC(C)C/C=C(\C)CCC1OC1(C)C. The van der Waals surface area contributed by atoms with Gasteiger partial charge in [-0.3, -0.25) is 0 Å². The Labute approximate surface area is 94.9 Å². The summed E-state index contributed by atoms with van der Waals surface area (Å²) in [6, 6.07) is 0. The largest absolute Gasteiger partial charge is 0.367 e. The summed E-state index contributed by atoms with van der Waals surface area (Å²) >= 11 is 0. The Bertz CT molecular complexity index is 227. The molecule has 1 fully saturated rings. The Balaban J connectivity index is 2.16. The minimum absolute atomic E-state index is 0.164. The molecule has 0 aliphatic carbocycles. The lowest BCUT2D eigenvalue weighted by molar-refractivity contribution is 0.320. The number of hydrogen-bond donors (Lipinski definition) is 0. The second-order valence-corrected chi connectivity index (χ2v) is 5.55. The zero-order valence-electron chi connectivity index (χ0n) is 11.0. The van der Waals surface area contributed by atoms with Gasteiger partial charge in [0, 0.05) is 0 Å². The van der Waals surface area contributed by atoms with Gasteiger partial charge in [-0.2, -0.15) is 0 Å². The summed E-state index contributed by atoms with van der Waals surface area (Å²) in [5.74, 6) is 0.827. The Morgan fingerprint density at radius 1 is 1.47 bits per heavy atom. The summed E-state index contributed by atoms with van der Waals surface area (Å²) in [6.45, 7) is 11.2. The van der Waals surface area contributed by atoms with E-state index in [2.05, 4.69) is 40.7 Å². The zero-order chi connectivity index (χ0) is 11.5. The molecule has 1 rings (SSSR count). The van der Waals surface area contributed by atoms with E-state index >= 15 is 0 Å². The van der Waals surface area contributed by atoms with Gasteiger partial charge < -0.3 is 4.74 Å². The van der Waals surface area contributed by atoms with E-state index in [0.717, 1.165) is 5.92 Å². The Morgan fingerprint density at radius 3 is 2.53 bits per heavy atom. The summed E-state index contributed by atoms with van der Waals surface area (Å²) in [5, 5.41) is 0. The smallest absolute Gasteiger partial charge is 0.0892 e. The highest BCUT2D eigenvalue weighted by molar-refractivity contribution is 5.02. The summed E-state index contributed by atoms with van der Waals surface area (Å²) in [6.07, 6.45) is 7.81. The first kappa shape index (κ1) is 12.8. The molecule has 0 aromatic rings. The van der Waals surface area contributed by atoms with Crippen molar-refractivity contribution in [2.75, 3.05) is 0 Å². The fourth-order valence-electron chi connectivity index (χ4n) is 1.77. The van der Waals surface area contributed by atoms with E-state index in [9.17, 15) is 0 Å². The predicted octanol–water partition coefficient (Wildman–Crippen LogP) is 4.33. The number of rotatable bonds is 6. The molecule has 2 atom stereocenters. The molecule has 1 saturated heterocycles. The maximum absolute atomic E-state index is 5.57. The lowest BCUT2D eigenvalue weighted by Crippen LogP contribution is -2.02. The van der Waals surface area contributed by atoms with Crippen LogP contribution in [0.3, 0.4) is 0 Å². The molecule has 1 heteroatoms. The van der Waals surface area contributed by atoms with E-state index in [-0.39, 0.29) is 5.60 Å². The Kier molecular flexibility index (Phi) is 4.39. The van der Waals surface area contributed by atoms with Gasteiger partial charge in [0.05, 0.1) is 11.7 Å². The van der Waals surface area contributed by atoms with E-state index in [1.165, 1.54) is 31.3 Å². The van der Waals surface area contributed by atoms with Crippen LogP contribution in [-0.2, 0) is 4.74 Å². The van der Waals surface area contributed by atoms with Crippen molar-refractivity contribution in [3.63, 3.8) is 0 Å². The van der Waals surface area contributed by atoms with E-state index in [1.807, 2.05) is 0 Å². The highest BCUT2D eigenvalue weighted by Crippen LogP contribution is 2.38. The van der Waals surface area contributed by atoms with E-state index in [1.54, 1.807) is 0 Å². The van der Waals surface area contributed by atoms with Gasteiger partial charge in [-0.1, -0.05) is 31.9 Å². The van der Waals surface area contributed by atoms with Gasteiger partial charge in [0.25, 0.3) is 0 Å². The number of epoxide rings is 1. The van der Waals surface area contributed by atoms with Crippen molar-refractivity contribution in [3.05, 3.63) is 11.6 Å². The van der Waals surface area contributed by atoms with Crippen LogP contribution in [0.15, 0.2) is 11.6 Å². The second-order valence-electron chi connectivity index (χ2n) is 5.55. The van der Waals surface area contributed by atoms with Crippen LogP contribution in [0.25, 0.3) is 0 Å². The van der Waals surface area contributed by atoms with Crippen LogP contribution in [0.5, 0.6) is 0 Å². The molecule has 15 heavy (non-hydrogen) atoms. The van der Waals surface area contributed by atoms with Crippen LogP contribution in [0.1, 0.15) is 60.3 Å². The van der Waals surface area contributed by atoms with Crippen molar-refractivity contribution in [2.45, 2.75) is 72.0 Å². The second kappa shape index (κ2) is 5.16. The number of hydrogen-bond acceptors (Lipinski definition) is 1. The minimum atomic E-state index is 0.164. The lowest BCUT2D eigenvalue weighted by atomic mass is 10.00. The van der Waals surface area contributed by atoms with Crippen molar-refractivity contribution in [1.29, 1.82) is 0 Å². The third-order valence-corrected chi connectivity index (χ3v) is 3.53. The standard InChI is InChI=1S/C14H26O/c1-6-11(2)7-8-12(3)9-10-13-14(4,5)15-13/h8,11,13H,6-7,9-10H2,1-5H3/b12-8+. The van der Waals surface area contributed by atoms with Gasteiger partial charge in [-0.25, -0.2) is 0 Å². The maximum Gasteiger partial charge on any atom is 0.0892 e. The van der Waals surface area contributed by atoms with Gasteiger partial charge >= 0.3 is 0 Å². The molecule has 1 nitrogen and oxygen atoms in total. The van der Waals surface area contributed by atoms with Gasteiger partial charge in [0.15, 0.2) is 0 Å². The van der Waals surface area contributed by atoms with Crippen molar-refractivity contribution in [1.82, 2.24) is 0 Å². The molecule has 1 aliphatic heterocycles. The third-order valence-electron chi connectivity index (χ3n) is 3.53. The molecule has 0 aromatic carbocycles. The summed E-state index contributed by atoms with van der Waals surface area (Å²) in [5.41, 5.74) is 1.69. The molecule has 1 aliphatic rings. The minimum Gasteiger partial charge on any atom is -0.367 e. The van der Waals surface area contributed by atoms with Crippen molar-refractivity contribution in [3.8, 4) is 0 Å². The summed E-state index contributed by atoms with van der Waals surface area (Å²) in [7, 11) is 0. The van der Waals surface area contributed by atoms with Gasteiger partial charge in [-0.15, -0.1) is 0 Å². The molecule has 0 amide bonds. The fraction of sp³-hybridized carbons (Fsp3) is 0.857. The molecule has 0 spiro atoms. The summed E-state index contributed by atoms with van der Waals surface area (Å²) < 4.78 is 5.57. The molecule has 0 saturated carbocycles. The Morgan fingerprint density at radius 2 is 2.07 bits per heavy atom. The lowest BCUT2D eigenvalue weighted by Gasteiger charge is -2.05. The van der Waals surface area contributed by atoms with E-state index in [0.29, 0.717) is 6.10 Å². The normalized spacial score (nSPS) is 26.5. The van der Waals surface area contributed by atoms with Crippen LogP contribution < -0.4 is 0 Å². The molecule has 0 N–H and O–H groups in total. The predicted molar refractivity (Wildman–Crippen MR) is 66.0 cm³/mol. The van der Waals surface area contributed by atoms with Crippen LogP contribution in [0, 0.1) is 5.92 Å². The average Bonchev–Trinajstić information content (AvgIpc) is 2.79. The van der Waals surface area contributed by atoms with Gasteiger partial charge in [0.2, 0.25) is 0 Å². The van der Waals surface area contributed by atoms with E-state index < -0.39 is 0 Å². The van der Waals surface area contributed by atoms with Gasteiger partial charge in [0.1, 0.15) is 0 Å². The van der Waals surface area contributed by atoms with Crippen molar-refractivity contribution < 1.29 is 4.74 Å². The van der Waals surface area contributed by atoms with Gasteiger partial charge in [-0.05, 0) is 46.0 Å². The Hall–Kier alpha value is -0.300. The third kappa shape index (κ3) is 4.38. The first-order chi connectivity index (χ1) is 6.95. The quantitative estimate of drug-likeness (QED) is 0.469. The molecule has 0 radical (unpaired) electrons. The average molecular weight is 210 g/mol. The molecular weight excluding hydrogens is 184 g/mol. The van der Waals surface area contributed by atoms with Crippen molar-refractivity contribution in [2.24, 2.45) is 5.92 Å². The van der Waals surface area contributed by atoms with Crippen LogP contribution in [-0.4, -0.2) is 11.7 Å². The van der Waals surface area contributed by atoms with Crippen LogP contribution in [0.2, 0.25) is 0 Å².